The number of carbonyl (C=O) groups excluding carboxylic acids is 1. The molecule has 0 saturated heterocycles. The van der Waals surface area contributed by atoms with E-state index in [0.29, 0.717) is 16.7 Å². The minimum absolute atomic E-state index is 0.335. The molecular weight excluding hydrogens is 360 g/mol. The molecule has 3 aromatic heterocycles. The largest absolute Gasteiger partial charge is 0.465 e. The zero-order chi connectivity index (χ0) is 18.7. The molecule has 2 unspecified atom stereocenters. The van der Waals surface area contributed by atoms with Gasteiger partial charge < -0.3 is 4.74 Å². The van der Waals surface area contributed by atoms with Gasteiger partial charge in [0.15, 0.2) is 11.5 Å². The molecule has 136 valence electrons. The van der Waals surface area contributed by atoms with E-state index in [1.165, 1.54) is 29.6 Å². The number of ether oxygens (including phenoxy) is 1. The molecule has 1 aliphatic carbocycles. The molecule has 7 heteroatoms. The fraction of sp³-hybridized carbons (Fsp3) is 0.300. The molecule has 1 saturated carbocycles. The average Bonchev–Trinajstić information content (AvgIpc) is 3.23. The van der Waals surface area contributed by atoms with E-state index in [4.69, 9.17) is 9.72 Å². The maximum atomic E-state index is 12.0. The van der Waals surface area contributed by atoms with Crippen LogP contribution in [-0.2, 0) is 4.74 Å². The number of carbonyl (C=O) groups is 1. The number of aromatic nitrogens is 4. The smallest absolute Gasteiger partial charge is 0.348 e. The number of benzene rings is 1. The fourth-order valence-corrected chi connectivity index (χ4v) is 4.72. The molecule has 5 rings (SSSR count). The Kier molecular flexibility index (Phi) is 3.55. The third kappa shape index (κ3) is 2.53. The molecule has 0 aliphatic heterocycles. The molecule has 1 aromatic carbocycles. The van der Waals surface area contributed by atoms with Crippen LogP contribution < -0.4 is 0 Å². The highest BCUT2D eigenvalue weighted by Gasteiger charge is 2.42. The molecule has 1 fully saturated rings. The predicted octanol–water partition coefficient (Wildman–Crippen LogP) is 4.01. The third-order valence-corrected chi connectivity index (χ3v) is 6.46. The van der Waals surface area contributed by atoms with E-state index < -0.39 is 0 Å². The van der Waals surface area contributed by atoms with Crippen LogP contribution in [0.4, 0.5) is 0 Å². The number of hydrogen-bond acceptors (Lipinski definition) is 6. The van der Waals surface area contributed by atoms with E-state index >= 15 is 0 Å². The standard InChI is InChI=1S/C20H18N4O2S/c1-10-4-6-12(7-5-10)13-8-14(13)17-22-18-15-11(2)16(20(25)26-3)27-19(15)21-9-24(18)23-17/h4-7,9,13-14H,8H2,1-3H3. The van der Waals surface area contributed by atoms with Gasteiger partial charge in [-0.1, -0.05) is 29.8 Å². The zero-order valence-electron chi connectivity index (χ0n) is 15.3. The maximum Gasteiger partial charge on any atom is 0.348 e. The number of methoxy groups -OCH3 is 1. The minimum Gasteiger partial charge on any atom is -0.465 e. The molecule has 27 heavy (non-hydrogen) atoms. The Balaban J connectivity index is 1.56. The van der Waals surface area contributed by atoms with Crippen molar-refractivity contribution in [2.45, 2.75) is 32.1 Å². The molecule has 4 aromatic rings. The molecular formula is C20H18N4O2S. The number of fused-ring (bicyclic) bond motifs is 3. The van der Waals surface area contributed by atoms with Gasteiger partial charge in [-0.3, -0.25) is 0 Å². The van der Waals surface area contributed by atoms with Crippen LogP contribution in [0.1, 0.15) is 50.4 Å². The van der Waals surface area contributed by atoms with Crippen molar-refractivity contribution >= 4 is 33.2 Å². The number of hydrogen-bond donors (Lipinski definition) is 0. The summed E-state index contributed by atoms with van der Waals surface area (Å²) in [5, 5.41) is 5.55. The van der Waals surface area contributed by atoms with Crippen LogP contribution in [0.15, 0.2) is 30.6 Å². The van der Waals surface area contributed by atoms with E-state index in [2.05, 4.69) is 41.3 Å². The highest BCUT2D eigenvalue weighted by molar-refractivity contribution is 7.20. The first-order valence-electron chi connectivity index (χ1n) is 8.86. The summed E-state index contributed by atoms with van der Waals surface area (Å²) in [4.78, 5) is 22.6. The van der Waals surface area contributed by atoms with Crippen LogP contribution in [-0.4, -0.2) is 32.7 Å². The van der Waals surface area contributed by atoms with Gasteiger partial charge in [0.1, 0.15) is 16.0 Å². The van der Waals surface area contributed by atoms with Crippen molar-refractivity contribution in [3.8, 4) is 0 Å². The minimum atomic E-state index is -0.338. The lowest BCUT2D eigenvalue weighted by Gasteiger charge is -1.99. The van der Waals surface area contributed by atoms with E-state index in [9.17, 15) is 4.79 Å². The van der Waals surface area contributed by atoms with Crippen LogP contribution in [0.5, 0.6) is 0 Å². The predicted molar refractivity (Wildman–Crippen MR) is 104 cm³/mol. The van der Waals surface area contributed by atoms with E-state index in [1.54, 1.807) is 10.8 Å². The van der Waals surface area contributed by atoms with E-state index in [0.717, 1.165) is 33.7 Å². The van der Waals surface area contributed by atoms with Gasteiger partial charge in [-0.25, -0.2) is 19.3 Å². The second kappa shape index (κ2) is 5.85. The number of rotatable bonds is 3. The summed E-state index contributed by atoms with van der Waals surface area (Å²) in [6.07, 6.45) is 2.74. The highest BCUT2D eigenvalue weighted by Crippen LogP contribution is 2.53. The Bertz CT molecular complexity index is 1190. The first kappa shape index (κ1) is 16.4. The fourth-order valence-electron chi connectivity index (χ4n) is 3.66. The Labute approximate surface area is 159 Å². The average molecular weight is 378 g/mol. The molecule has 2 atom stereocenters. The quantitative estimate of drug-likeness (QED) is 0.504. The number of esters is 1. The van der Waals surface area contributed by atoms with Gasteiger partial charge in [-0.15, -0.1) is 16.4 Å². The maximum absolute atomic E-state index is 12.0. The van der Waals surface area contributed by atoms with Crippen LogP contribution in [0.25, 0.3) is 15.9 Å². The molecule has 3 heterocycles. The molecule has 0 radical (unpaired) electrons. The third-order valence-electron chi connectivity index (χ3n) is 5.28. The normalized spacial score (nSPS) is 18.9. The topological polar surface area (TPSA) is 69.4 Å². The van der Waals surface area contributed by atoms with E-state index in [1.807, 2.05) is 6.92 Å². The van der Waals surface area contributed by atoms with Crippen molar-refractivity contribution in [1.82, 2.24) is 19.6 Å². The number of aryl methyl sites for hydroxylation is 2. The Morgan fingerprint density at radius 3 is 2.74 bits per heavy atom. The molecule has 0 spiro atoms. The van der Waals surface area contributed by atoms with Crippen molar-refractivity contribution < 1.29 is 9.53 Å². The summed E-state index contributed by atoms with van der Waals surface area (Å²) < 4.78 is 6.61. The van der Waals surface area contributed by atoms with Crippen LogP contribution >= 0.6 is 11.3 Å². The summed E-state index contributed by atoms with van der Waals surface area (Å²) in [6.45, 7) is 4.01. The molecule has 1 aliphatic rings. The van der Waals surface area contributed by atoms with Gasteiger partial charge in [-0.2, -0.15) is 0 Å². The number of nitrogens with zero attached hydrogens (tertiary/aromatic N) is 4. The van der Waals surface area contributed by atoms with Crippen molar-refractivity contribution in [3.05, 3.63) is 58.0 Å². The SMILES string of the molecule is COC(=O)c1sc2ncn3nc(C4CC4c4ccc(C)cc4)nc3c2c1C. The molecule has 0 amide bonds. The lowest BCUT2D eigenvalue weighted by atomic mass is 10.1. The zero-order valence-corrected chi connectivity index (χ0v) is 16.1. The van der Waals surface area contributed by atoms with Gasteiger partial charge in [0.05, 0.1) is 12.5 Å². The van der Waals surface area contributed by atoms with Crippen molar-refractivity contribution in [2.24, 2.45) is 0 Å². The van der Waals surface area contributed by atoms with Gasteiger partial charge in [0, 0.05) is 5.92 Å². The highest BCUT2D eigenvalue weighted by atomic mass is 32.1. The summed E-state index contributed by atoms with van der Waals surface area (Å²) in [5.74, 6) is 1.32. The van der Waals surface area contributed by atoms with Gasteiger partial charge in [0.2, 0.25) is 0 Å². The molecule has 6 nitrogen and oxygen atoms in total. The van der Waals surface area contributed by atoms with E-state index in [-0.39, 0.29) is 5.97 Å². The van der Waals surface area contributed by atoms with Crippen LogP contribution in [0, 0.1) is 13.8 Å². The molecule has 0 N–H and O–H groups in total. The van der Waals surface area contributed by atoms with Crippen LogP contribution in [0.2, 0.25) is 0 Å². The summed E-state index contributed by atoms with van der Waals surface area (Å²) in [6, 6.07) is 8.69. The molecule has 0 bridgehead atoms. The monoisotopic (exact) mass is 378 g/mol. The summed E-state index contributed by atoms with van der Waals surface area (Å²) >= 11 is 1.34. The lowest BCUT2D eigenvalue weighted by molar-refractivity contribution is 0.0605. The van der Waals surface area contributed by atoms with Gasteiger partial charge >= 0.3 is 5.97 Å². The van der Waals surface area contributed by atoms with Crippen molar-refractivity contribution in [1.29, 1.82) is 0 Å². The Morgan fingerprint density at radius 1 is 1.22 bits per heavy atom. The summed E-state index contributed by atoms with van der Waals surface area (Å²) in [5.41, 5.74) is 4.22. The second-order valence-electron chi connectivity index (χ2n) is 7.07. The van der Waals surface area contributed by atoms with Crippen molar-refractivity contribution in [2.75, 3.05) is 7.11 Å². The summed E-state index contributed by atoms with van der Waals surface area (Å²) in [7, 11) is 1.39. The Hall–Kier alpha value is -2.80. The lowest BCUT2D eigenvalue weighted by Crippen LogP contribution is -1.99. The van der Waals surface area contributed by atoms with Gasteiger partial charge in [-0.05, 0) is 37.3 Å². The first-order chi connectivity index (χ1) is 13.1. The van der Waals surface area contributed by atoms with Gasteiger partial charge in [0.25, 0.3) is 0 Å². The first-order valence-corrected chi connectivity index (χ1v) is 9.67. The second-order valence-corrected chi connectivity index (χ2v) is 8.07. The number of thiophene rings is 1. The Morgan fingerprint density at radius 2 is 2.00 bits per heavy atom. The van der Waals surface area contributed by atoms with Crippen molar-refractivity contribution in [3.63, 3.8) is 0 Å². The van der Waals surface area contributed by atoms with Crippen LogP contribution in [0.3, 0.4) is 0 Å².